The van der Waals surface area contributed by atoms with Crippen molar-refractivity contribution in [1.29, 1.82) is 0 Å². The zero-order valence-corrected chi connectivity index (χ0v) is 15.6. The van der Waals surface area contributed by atoms with E-state index in [9.17, 15) is 14.4 Å². The first-order valence-electron chi connectivity index (χ1n) is 8.44. The number of morpholine rings is 1. The van der Waals surface area contributed by atoms with Crippen LogP contribution in [0.4, 0.5) is 5.13 Å². The molecule has 0 radical (unpaired) electrons. The fraction of sp³-hybridized carbons (Fsp3) is 0.333. The molecule has 1 aliphatic rings. The number of nitrogens with zero attached hydrogens (tertiary/aromatic N) is 2. The minimum atomic E-state index is -0.738. The molecule has 1 aromatic carbocycles. The lowest BCUT2D eigenvalue weighted by molar-refractivity contribution is -0.154. The van der Waals surface area contributed by atoms with E-state index in [1.165, 1.54) is 16.2 Å². The minimum Gasteiger partial charge on any atom is -0.369 e. The van der Waals surface area contributed by atoms with Gasteiger partial charge in [0.1, 0.15) is 12.6 Å². The fourth-order valence-corrected chi connectivity index (χ4v) is 3.40. The molecule has 1 aromatic heterocycles. The van der Waals surface area contributed by atoms with Gasteiger partial charge in [-0.3, -0.25) is 14.4 Å². The fourth-order valence-electron chi connectivity index (χ4n) is 2.69. The van der Waals surface area contributed by atoms with Gasteiger partial charge in [0.05, 0.1) is 18.7 Å². The van der Waals surface area contributed by atoms with Gasteiger partial charge in [0.2, 0.25) is 11.8 Å². The molecular formula is C18H20N4O4S. The molecule has 0 aliphatic carbocycles. The zero-order valence-electron chi connectivity index (χ0n) is 14.8. The third-order valence-corrected chi connectivity index (χ3v) is 4.91. The Morgan fingerprint density at radius 2 is 2.11 bits per heavy atom. The number of benzene rings is 1. The van der Waals surface area contributed by atoms with Gasteiger partial charge in [-0.1, -0.05) is 30.3 Å². The molecule has 9 heteroatoms. The number of ether oxygens (including phenoxy) is 1. The lowest BCUT2D eigenvalue weighted by Crippen LogP contribution is -2.54. The number of carbonyl (C=O) groups is 3. The Morgan fingerprint density at radius 3 is 2.85 bits per heavy atom. The van der Waals surface area contributed by atoms with Crippen LogP contribution in [0.5, 0.6) is 0 Å². The molecule has 3 rings (SSSR count). The van der Waals surface area contributed by atoms with Crippen LogP contribution in [0.25, 0.3) is 0 Å². The Labute approximate surface area is 160 Å². The van der Waals surface area contributed by atoms with Crippen LogP contribution in [0.3, 0.4) is 0 Å². The number of carbonyl (C=O) groups excluding carboxylic acids is 3. The maximum atomic E-state index is 12.7. The van der Waals surface area contributed by atoms with Gasteiger partial charge in [-0.15, -0.1) is 11.3 Å². The first kappa shape index (κ1) is 19.0. The van der Waals surface area contributed by atoms with Gasteiger partial charge in [0, 0.05) is 19.0 Å². The largest absolute Gasteiger partial charge is 0.369 e. The third kappa shape index (κ3) is 4.89. The van der Waals surface area contributed by atoms with Crippen molar-refractivity contribution < 1.29 is 19.1 Å². The van der Waals surface area contributed by atoms with E-state index in [-0.39, 0.29) is 37.4 Å². The minimum absolute atomic E-state index is 0.0376. The number of thiazole rings is 1. The number of aromatic nitrogens is 1. The molecule has 142 valence electrons. The van der Waals surface area contributed by atoms with E-state index in [1.807, 2.05) is 30.3 Å². The predicted molar refractivity (Wildman–Crippen MR) is 100 cm³/mol. The molecule has 1 aliphatic heterocycles. The second-order valence-electron chi connectivity index (χ2n) is 6.02. The highest BCUT2D eigenvalue weighted by atomic mass is 32.1. The molecule has 2 heterocycles. The van der Waals surface area contributed by atoms with Crippen LogP contribution in [0.1, 0.15) is 11.3 Å². The van der Waals surface area contributed by atoms with Gasteiger partial charge >= 0.3 is 0 Å². The molecule has 0 spiro atoms. The van der Waals surface area contributed by atoms with E-state index in [0.717, 1.165) is 5.56 Å². The summed E-state index contributed by atoms with van der Waals surface area (Å²) >= 11 is 1.23. The van der Waals surface area contributed by atoms with E-state index < -0.39 is 6.04 Å². The maximum Gasteiger partial charge on any atom is 0.251 e. The van der Waals surface area contributed by atoms with Crippen molar-refractivity contribution in [2.75, 3.05) is 25.6 Å². The molecule has 8 nitrogen and oxygen atoms in total. The highest BCUT2D eigenvalue weighted by Gasteiger charge is 2.34. The van der Waals surface area contributed by atoms with Gasteiger partial charge in [-0.05, 0) is 5.56 Å². The summed E-state index contributed by atoms with van der Waals surface area (Å²) in [4.78, 5) is 42.2. The third-order valence-electron chi connectivity index (χ3n) is 4.10. The number of amides is 3. The molecular weight excluding hydrogens is 368 g/mol. The van der Waals surface area contributed by atoms with Crippen LogP contribution in [-0.4, -0.2) is 53.9 Å². The normalized spacial score (nSPS) is 16.9. The van der Waals surface area contributed by atoms with E-state index in [2.05, 4.69) is 15.6 Å². The summed E-state index contributed by atoms with van der Waals surface area (Å²) in [6.45, 7) is 0.423. The smallest absolute Gasteiger partial charge is 0.251 e. The standard InChI is InChI=1S/C18H20N4O4S/c1-19-15(23)7-13-11-27-18(20-13)21-17(25)14-9-26-10-16(24)22(14)8-12-5-3-2-4-6-12/h2-6,11,14H,7-10H2,1H3,(H,19,23)(H,20,21,25)/t14-/m1/s1. The van der Waals surface area contributed by atoms with Crippen LogP contribution in [0, 0.1) is 0 Å². The molecule has 0 bridgehead atoms. The molecule has 2 N–H and O–H groups in total. The van der Waals surface area contributed by atoms with Gasteiger partial charge < -0.3 is 20.3 Å². The SMILES string of the molecule is CNC(=O)Cc1csc(NC(=O)[C@H]2COCC(=O)N2Cc2ccccc2)n1. The van der Waals surface area contributed by atoms with Crippen LogP contribution in [0.15, 0.2) is 35.7 Å². The monoisotopic (exact) mass is 388 g/mol. The lowest BCUT2D eigenvalue weighted by Gasteiger charge is -2.34. The summed E-state index contributed by atoms with van der Waals surface area (Å²) in [6, 6.07) is 8.75. The summed E-state index contributed by atoms with van der Waals surface area (Å²) in [5, 5.41) is 7.35. The number of nitrogens with one attached hydrogen (secondary N) is 2. The molecule has 1 fully saturated rings. The topological polar surface area (TPSA) is 101 Å². The van der Waals surface area contributed by atoms with Crippen molar-refractivity contribution in [2.45, 2.75) is 19.0 Å². The average Bonchev–Trinajstić information content (AvgIpc) is 3.10. The van der Waals surface area contributed by atoms with Gasteiger partial charge in [0.15, 0.2) is 5.13 Å². The Morgan fingerprint density at radius 1 is 1.33 bits per heavy atom. The number of rotatable bonds is 6. The number of hydrogen-bond acceptors (Lipinski definition) is 6. The van der Waals surface area contributed by atoms with Crippen LogP contribution in [0.2, 0.25) is 0 Å². The predicted octanol–water partition coefficient (Wildman–Crippen LogP) is 0.798. The lowest BCUT2D eigenvalue weighted by atomic mass is 10.1. The van der Waals surface area contributed by atoms with Crippen molar-refractivity contribution in [3.05, 3.63) is 47.0 Å². The molecule has 1 saturated heterocycles. The van der Waals surface area contributed by atoms with Crippen LogP contribution >= 0.6 is 11.3 Å². The Hall–Kier alpha value is -2.78. The van der Waals surface area contributed by atoms with Crippen LogP contribution in [-0.2, 0) is 32.1 Å². The molecule has 1 atom stereocenters. The summed E-state index contributed by atoms with van der Waals surface area (Å²) in [5.41, 5.74) is 1.51. The summed E-state index contributed by atoms with van der Waals surface area (Å²) in [7, 11) is 1.55. The van der Waals surface area contributed by atoms with Crippen molar-refractivity contribution in [2.24, 2.45) is 0 Å². The maximum absolute atomic E-state index is 12.7. The van der Waals surface area contributed by atoms with E-state index in [4.69, 9.17) is 4.74 Å². The number of likely N-dealkylation sites (N-methyl/N-ethyl adjacent to an activating group) is 1. The van der Waals surface area contributed by atoms with Gasteiger partial charge in [-0.2, -0.15) is 0 Å². The first-order chi connectivity index (χ1) is 13.1. The van der Waals surface area contributed by atoms with Crippen molar-refractivity contribution in [1.82, 2.24) is 15.2 Å². The van der Waals surface area contributed by atoms with Crippen LogP contribution < -0.4 is 10.6 Å². The second kappa shape index (κ2) is 8.74. The van der Waals surface area contributed by atoms with Crippen molar-refractivity contribution in [3.8, 4) is 0 Å². The molecule has 0 unspecified atom stereocenters. The Bertz CT molecular complexity index is 824. The van der Waals surface area contributed by atoms with E-state index >= 15 is 0 Å². The molecule has 0 saturated carbocycles. The van der Waals surface area contributed by atoms with Gasteiger partial charge in [0.25, 0.3) is 5.91 Å². The number of anilines is 1. The summed E-state index contributed by atoms with van der Waals surface area (Å²) < 4.78 is 5.27. The molecule has 27 heavy (non-hydrogen) atoms. The molecule has 3 amide bonds. The Kier molecular flexibility index (Phi) is 6.15. The van der Waals surface area contributed by atoms with Gasteiger partial charge in [-0.25, -0.2) is 4.98 Å². The highest BCUT2D eigenvalue weighted by Crippen LogP contribution is 2.19. The second-order valence-corrected chi connectivity index (χ2v) is 6.88. The van der Waals surface area contributed by atoms with E-state index in [0.29, 0.717) is 17.4 Å². The average molecular weight is 388 g/mol. The van der Waals surface area contributed by atoms with Crippen molar-refractivity contribution in [3.63, 3.8) is 0 Å². The quantitative estimate of drug-likeness (QED) is 0.762. The van der Waals surface area contributed by atoms with E-state index in [1.54, 1.807) is 12.4 Å². The highest BCUT2D eigenvalue weighted by molar-refractivity contribution is 7.13. The zero-order chi connectivity index (χ0) is 19.2. The first-order valence-corrected chi connectivity index (χ1v) is 9.31. The summed E-state index contributed by atoms with van der Waals surface area (Å²) in [5.74, 6) is -0.747. The number of hydrogen-bond donors (Lipinski definition) is 2. The summed E-state index contributed by atoms with van der Waals surface area (Å²) in [6.07, 6.45) is 0.147. The molecule has 2 aromatic rings. The van der Waals surface area contributed by atoms with Crippen molar-refractivity contribution >= 4 is 34.2 Å². The Balaban J connectivity index is 1.68.